The molecular formula is C14H26N2O3. The number of carbonyl (C=O) groups excluding carboxylic acids is 1. The first-order valence-electron chi connectivity index (χ1n) is 6.85. The van der Waals surface area contributed by atoms with Crippen LogP contribution < -0.4 is 10.6 Å². The summed E-state index contributed by atoms with van der Waals surface area (Å²) >= 11 is 0. The van der Waals surface area contributed by atoms with Crippen LogP contribution in [0.5, 0.6) is 0 Å². The lowest BCUT2D eigenvalue weighted by molar-refractivity contribution is 0.0359. The molecule has 0 aromatic heterocycles. The van der Waals surface area contributed by atoms with Gasteiger partial charge in [-0.15, -0.1) is 6.58 Å². The van der Waals surface area contributed by atoms with Gasteiger partial charge in [-0.25, -0.2) is 4.79 Å². The summed E-state index contributed by atoms with van der Waals surface area (Å²) in [7, 11) is 0. The zero-order valence-corrected chi connectivity index (χ0v) is 12.1. The largest absolute Gasteiger partial charge is 0.444 e. The number of nitrogens with one attached hydrogen (secondary N) is 2. The fourth-order valence-corrected chi connectivity index (χ4v) is 2.18. The number of carbonyl (C=O) groups is 1. The Bertz CT molecular complexity index is 312. The predicted octanol–water partition coefficient (Wildman–Crippen LogP) is 1.77. The van der Waals surface area contributed by atoms with Crippen LogP contribution in [0.15, 0.2) is 12.7 Å². The van der Waals surface area contributed by atoms with E-state index >= 15 is 0 Å². The van der Waals surface area contributed by atoms with Crippen LogP contribution in [0.4, 0.5) is 4.79 Å². The highest BCUT2D eigenvalue weighted by Gasteiger charge is 2.26. The normalized spacial score (nSPS) is 25.5. The molecule has 1 aliphatic rings. The number of hydrogen-bond acceptors (Lipinski definition) is 4. The van der Waals surface area contributed by atoms with E-state index in [0.29, 0.717) is 6.42 Å². The maximum absolute atomic E-state index is 11.7. The Morgan fingerprint density at radius 1 is 1.63 bits per heavy atom. The molecule has 3 N–H and O–H groups in total. The van der Waals surface area contributed by atoms with Gasteiger partial charge in [0.15, 0.2) is 0 Å². The Balaban J connectivity index is 2.44. The third-order valence-electron chi connectivity index (χ3n) is 3.10. The number of aliphatic hydroxyl groups is 1. The Morgan fingerprint density at radius 2 is 2.32 bits per heavy atom. The van der Waals surface area contributed by atoms with Crippen molar-refractivity contribution in [3.8, 4) is 0 Å². The number of ether oxygens (including phenoxy) is 1. The lowest BCUT2D eigenvalue weighted by Crippen LogP contribution is -2.45. The van der Waals surface area contributed by atoms with E-state index in [4.69, 9.17) is 4.74 Å². The second-order valence-corrected chi connectivity index (χ2v) is 6.03. The van der Waals surface area contributed by atoms with E-state index in [0.717, 1.165) is 19.4 Å². The third kappa shape index (κ3) is 6.07. The molecule has 1 heterocycles. The molecule has 0 spiro atoms. The second-order valence-electron chi connectivity index (χ2n) is 6.03. The molecule has 1 rings (SSSR count). The van der Waals surface area contributed by atoms with E-state index in [-0.39, 0.29) is 12.0 Å². The molecular weight excluding hydrogens is 244 g/mol. The molecule has 0 aromatic rings. The highest BCUT2D eigenvalue weighted by Crippen LogP contribution is 2.21. The molecule has 19 heavy (non-hydrogen) atoms. The predicted molar refractivity (Wildman–Crippen MR) is 74.7 cm³/mol. The van der Waals surface area contributed by atoms with Crippen LogP contribution in [-0.4, -0.2) is 35.6 Å². The molecule has 1 aliphatic heterocycles. The van der Waals surface area contributed by atoms with Gasteiger partial charge in [0.05, 0.1) is 6.04 Å². The van der Waals surface area contributed by atoms with Gasteiger partial charge in [0.1, 0.15) is 11.8 Å². The zero-order chi connectivity index (χ0) is 14.5. The summed E-state index contributed by atoms with van der Waals surface area (Å²) in [5.41, 5.74) is -0.512. The summed E-state index contributed by atoms with van der Waals surface area (Å²) in [5, 5.41) is 15.6. The van der Waals surface area contributed by atoms with Crippen molar-refractivity contribution in [3.05, 3.63) is 12.7 Å². The number of alkyl carbamates (subject to hydrolysis) is 1. The quantitative estimate of drug-likeness (QED) is 0.681. The molecule has 0 bridgehead atoms. The Labute approximate surface area is 115 Å². The van der Waals surface area contributed by atoms with E-state index in [2.05, 4.69) is 17.2 Å². The van der Waals surface area contributed by atoms with Gasteiger partial charge < -0.3 is 15.2 Å². The molecule has 1 fully saturated rings. The van der Waals surface area contributed by atoms with Crippen molar-refractivity contribution < 1.29 is 14.6 Å². The van der Waals surface area contributed by atoms with Gasteiger partial charge in [-0.05, 0) is 46.6 Å². The standard InChI is InChI=1S/C14H26N2O3/c1-5-11(16-13(18)19-14(2,3)4)9-10-7-6-8-15-12(10)17/h5,10-12,15,17H,1,6-9H2,2-4H3,(H,16,18)/t10-,11+,12?/m0/s1. The minimum atomic E-state index is -0.512. The van der Waals surface area contributed by atoms with Gasteiger partial charge in [0.2, 0.25) is 0 Å². The molecule has 0 radical (unpaired) electrons. The van der Waals surface area contributed by atoms with Crippen LogP contribution in [0.3, 0.4) is 0 Å². The number of aliphatic hydroxyl groups excluding tert-OH is 1. The van der Waals surface area contributed by atoms with Crippen molar-refractivity contribution in [2.24, 2.45) is 5.92 Å². The first-order valence-corrected chi connectivity index (χ1v) is 6.85. The summed E-state index contributed by atoms with van der Waals surface area (Å²) in [6.07, 6.45) is 3.39. The molecule has 3 atom stereocenters. The molecule has 0 aliphatic carbocycles. The number of rotatable bonds is 4. The maximum Gasteiger partial charge on any atom is 0.408 e. The van der Waals surface area contributed by atoms with Crippen LogP contribution >= 0.6 is 0 Å². The van der Waals surface area contributed by atoms with Gasteiger partial charge in [-0.1, -0.05) is 6.08 Å². The van der Waals surface area contributed by atoms with Crippen molar-refractivity contribution in [3.63, 3.8) is 0 Å². The van der Waals surface area contributed by atoms with Gasteiger partial charge in [-0.2, -0.15) is 0 Å². The summed E-state index contributed by atoms with van der Waals surface area (Å²) in [4.78, 5) is 11.7. The second kappa shape index (κ2) is 6.91. The van der Waals surface area contributed by atoms with E-state index in [9.17, 15) is 9.90 Å². The summed E-state index contributed by atoms with van der Waals surface area (Å²) in [6.45, 7) is 10.0. The lowest BCUT2D eigenvalue weighted by Gasteiger charge is -2.31. The smallest absolute Gasteiger partial charge is 0.408 e. The van der Waals surface area contributed by atoms with Crippen LogP contribution in [0, 0.1) is 5.92 Å². The Kier molecular flexibility index (Phi) is 5.82. The Hall–Kier alpha value is -1.07. The van der Waals surface area contributed by atoms with Crippen LogP contribution in [-0.2, 0) is 4.74 Å². The van der Waals surface area contributed by atoms with E-state index in [1.165, 1.54) is 0 Å². The Morgan fingerprint density at radius 3 is 2.84 bits per heavy atom. The van der Waals surface area contributed by atoms with E-state index < -0.39 is 17.9 Å². The lowest BCUT2D eigenvalue weighted by atomic mass is 9.91. The maximum atomic E-state index is 11.7. The molecule has 5 nitrogen and oxygen atoms in total. The van der Waals surface area contributed by atoms with Gasteiger partial charge in [0.25, 0.3) is 0 Å². The monoisotopic (exact) mass is 270 g/mol. The minimum absolute atomic E-state index is 0.131. The van der Waals surface area contributed by atoms with Crippen molar-refractivity contribution in [1.82, 2.24) is 10.6 Å². The SMILES string of the molecule is C=C[C@H](C[C@@H]1CCCNC1O)NC(=O)OC(C)(C)C. The fraction of sp³-hybridized carbons (Fsp3) is 0.786. The van der Waals surface area contributed by atoms with E-state index in [1.807, 2.05) is 20.8 Å². The summed E-state index contributed by atoms with van der Waals surface area (Å²) in [5.74, 6) is 0.131. The average molecular weight is 270 g/mol. The van der Waals surface area contributed by atoms with Gasteiger partial charge in [-0.3, -0.25) is 5.32 Å². The van der Waals surface area contributed by atoms with Crippen molar-refractivity contribution in [2.45, 2.75) is 57.9 Å². The van der Waals surface area contributed by atoms with Crippen LogP contribution in [0.25, 0.3) is 0 Å². The molecule has 0 saturated carbocycles. The van der Waals surface area contributed by atoms with E-state index in [1.54, 1.807) is 6.08 Å². The first-order chi connectivity index (χ1) is 8.81. The summed E-state index contributed by atoms with van der Waals surface area (Å²) < 4.78 is 5.21. The average Bonchev–Trinajstić information content (AvgIpc) is 2.28. The first kappa shape index (κ1) is 16.0. The van der Waals surface area contributed by atoms with Crippen molar-refractivity contribution in [2.75, 3.05) is 6.54 Å². The van der Waals surface area contributed by atoms with Crippen molar-refractivity contribution >= 4 is 6.09 Å². The highest BCUT2D eigenvalue weighted by atomic mass is 16.6. The fourth-order valence-electron chi connectivity index (χ4n) is 2.18. The topological polar surface area (TPSA) is 70.6 Å². The minimum Gasteiger partial charge on any atom is -0.444 e. The molecule has 110 valence electrons. The molecule has 1 unspecified atom stereocenters. The highest BCUT2D eigenvalue weighted by molar-refractivity contribution is 5.68. The summed E-state index contributed by atoms with van der Waals surface area (Å²) in [6, 6.07) is -0.186. The zero-order valence-electron chi connectivity index (χ0n) is 12.1. The molecule has 0 aromatic carbocycles. The number of hydrogen-bond donors (Lipinski definition) is 3. The van der Waals surface area contributed by atoms with Gasteiger partial charge >= 0.3 is 6.09 Å². The van der Waals surface area contributed by atoms with Crippen molar-refractivity contribution in [1.29, 1.82) is 0 Å². The third-order valence-corrected chi connectivity index (χ3v) is 3.10. The number of amides is 1. The van der Waals surface area contributed by atoms with Crippen LogP contribution in [0.2, 0.25) is 0 Å². The van der Waals surface area contributed by atoms with Gasteiger partial charge in [0, 0.05) is 5.92 Å². The molecule has 5 heteroatoms. The molecule has 1 saturated heterocycles. The van der Waals surface area contributed by atoms with Crippen LogP contribution in [0.1, 0.15) is 40.0 Å². The number of piperidine rings is 1. The molecule has 1 amide bonds.